The first-order chi connectivity index (χ1) is 16.6. The lowest BCUT2D eigenvalue weighted by atomic mass is 9.72. The van der Waals surface area contributed by atoms with Crippen molar-refractivity contribution in [2.75, 3.05) is 4.90 Å². The number of benzene rings is 2. The predicted octanol–water partition coefficient (Wildman–Crippen LogP) is 5.35. The van der Waals surface area contributed by atoms with Crippen LogP contribution >= 0.6 is 11.3 Å². The van der Waals surface area contributed by atoms with Gasteiger partial charge in [-0.2, -0.15) is 5.26 Å². The fraction of sp³-hybridized carbons (Fsp3) is 0.148. The smallest absolute Gasteiger partial charge is 0.162 e. The molecule has 0 bridgehead atoms. The molecule has 0 saturated carbocycles. The number of allylic oxidation sites excluding steroid dienone is 3. The third-order valence-electron chi connectivity index (χ3n) is 6.68. The van der Waals surface area contributed by atoms with Crippen molar-refractivity contribution >= 4 is 28.6 Å². The van der Waals surface area contributed by atoms with E-state index < -0.39 is 11.7 Å². The van der Waals surface area contributed by atoms with Crippen LogP contribution in [0.25, 0.3) is 0 Å². The number of ketones is 1. The molecule has 1 aliphatic carbocycles. The highest BCUT2D eigenvalue weighted by molar-refractivity contribution is 7.10. The molecular formula is C27H19FN4OS. The average molecular weight is 467 g/mol. The normalized spacial score (nSPS) is 21.5. The molecule has 5 nitrogen and oxygen atoms in total. The Balaban J connectivity index is 1.64. The number of para-hydroxylation sites is 1. The Kier molecular flexibility index (Phi) is 4.71. The number of thiophene rings is 1. The lowest BCUT2D eigenvalue weighted by molar-refractivity contribution is -0.116. The third kappa shape index (κ3) is 3.03. The van der Waals surface area contributed by atoms with E-state index in [-0.39, 0.29) is 11.7 Å². The van der Waals surface area contributed by atoms with E-state index in [4.69, 9.17) is 5.73 Å². The summed E-state index contributed by atoms with van der Waals surface area (Å²) in [5, 5.41) is 12.3. The Morgan fingerprint density at radius 3 is 2.74 bits per heavy atom. The first-order valence-electron chi connectivity index (χ1n) is 11.0. The molecule has 0 saturated heterocycles. The van der Waals surface area contributed by atoms with Crippen LogP contribution in [0.15, 0.2) is 93.7 Å². The number of hydrogen-bond donors (Lipinski definition) is 1. The van der Waals surface area contributed by atoms with Crippen molar-refractivity contribution in [2.24, 2.45) is 10.7 Å². The second-order valence-corrected chi connectivity index (χ2v) is 9.57. The lowest BCUT2D eigenvalue weighted by Crippen LogP contribution is -2.40. The fourth-order valence-electron chi connectivity index (χ4n) is 5.26. The van der Waals surface area contributed by atoms with Crippen molar-refractivity contribution in [3.8, 4) is 6.07 Å². The number of carbonyl (C=O) groups is 1. The fourth-order valence-corrected chi connectivity index (χ4v) is 6.09. The van der Waals surface area contributed by atoms with Gasteiger partial charge in [0.05, 0.1) is 23.2 Å². The number of nitriles is 1. The first kappa shape index (κ1) is 20.6. The molecule has 34 heavy (non-hydrogen) atoms. The van der Waals surface area contributed by atoms with E-state index in [0.717, 1.165) is 21.8 Å². The SMILES string of the molecule is N#CC1=C2N=C(N)c3ccccc3N2C2=C(C(=O)CC(c3cccs3)C2)C1c1cccc(F)c1. The molecule has 2 unspecified atom stereocenters. The predicted molar refractivity (Wildman–Crippen MR) is 130 cm³/mol. The van der Waals surface area contributed by atoms with E-state index >= 15 is 0 Å². The summed E-state index contributed by atoms with van der Waals surface area (Å²) < 4.78 is 14.3. The number of halogens is 1. The van der Waals surface area contributed by atoms with Crippen LogP contribution in [-0.2, 0) is 4.79 Å². The lowest BCUT2D eigenvalue weighted by Gasteiger charge is -2.43. The van der Waals surface area contributed by atoms with Gasteiger partial charge in [0.25, 0.3) is 0 Å². The highest BCUT2D eigenvalue weighted by Crippen LogP contribution is 2.52. The Morgan fingerprint density at radius 2 is 1.97 bits per heavy atom. The highest BCUT2D eigenvalue weighted by Gasteiger charge is 2.45. The van der Waals surface area contributed by atoms with Crippen molar-refractivity contribution in [2.45, 2.75) is 24.7 Å². The Labute approximate surface area is 200 Å². The van der Waals surface area contributed by atoms with Gasteiger partial charge in [0, 0.05) is 34.0 Å². The Morgan fingerprint density at radius 1 is 1.12 bits per heavy atom. The van der Waals surface area contributed by atoms with Gasteiger partial charge in [0.1, 0.15) is 11.7 Å². The summed E-state index contributed by atoms with van der Waals surface area (Å²) in [6.45, 7) is 0. The summed E-state index contributed by atoms with van der Waals surface area (Å²) in [6, 6.07) is 20.0. The van der Waals surface area contributed by atoms with Crippen LogP contribution in [0.1, 0.15) is 40.7 Å². The minimum atomic E-state index is -0.694. The van der Waals surface area contributed by atoms with Gasteiger partial charge in [-0.15, -0.1) is 11.3 Å². The summed E-state index contributed by atoms with van der Waals surface area (Å²) in [5.74, 6) is -0.387. The summed E-state index contributed by atoms with van der Waals surface area (Å²) in [4.78, 5) is 21.5. The van der Waals surface area contributed by atoms with Crippen molar-refractivity contribution in [1.29, 1.82) is 5.26 Å². The average Bonchev–Trinajstić information content (AvgIpc) is 3.38. The molecule has 166 valence electrons. The molecule has 2 aliphatic heterocycles. The maximum absolute atomic E-state index is 14.3. The summed E-state index contributed by atoms with van der Waals surface area (Å²) in [6.07, 6.45) is 0.958. The van der Waals surface area contributed by atoms with E-state index in [1.165, 1.54) is 12.1 Å². The zero-order valence-electron chi connectivity index (χ0n) is 18.0. The number of Topliss-reactive ketones (excluding diaryl/α,β-unsaturated/α-hetero) is 1. The zero-order valence-corrected chi connectivity index (χ0v) is 18.8. The minimum Gasteiger partial charge on any atom is -0.383 e. The van der Waals surface area contributed by atoms with Crippen molar-refractivity contribution < 1.29 is 9.18 Å². The van der Waals surface area contributed by atoms with Crippen LogP contribution in [0.5, 0.6) is 0 Å². The van der Waals surface area contributed by atoms with Crippen LogP contribution in [0, 0.1) is 17.1 Å². The van der Waals surface area contributed by atoms with Gasteiger partial charge < -0.3 is 5.73 Å². The second kappa shape index (κ2) is 7.79. The van der Waals surface area contributed by atoms with E-state index in [1.54, 1.807) is 23.5 Å². The Bertz CT molecular complexity index is 1480. The van der Waals surface area contributed by atoms with Crippen LogP contribution in [-0.4, -0.2) is 11.6 Å². The molecule has 3 aliphatic rings. The standard InChI is InChI=1S/C27H19FN4OS/c28-17-6-3-5-15(11-17)24-19(14-29)27-31-26(30)18-7-1-2-8-20(18)32(27)21-12-16(13-22(33)25(21)24)23-9-4-10-34-23/h1-11,16,24H,12-13H2,(H2,30,31). The molecule has 3 heterocycles. The summed E-state index contributed by atoms with van der Waals surface area (Å²) in [5.41, 5.74) is 10.1. The minimum absolute atomic E-state index is 0.0271. The van der Waals surface area contributed by atoms with Crippen LogP contribution in [0.4, 0.5) is 10.1 Å². The molecule has 7 heteroatoms. The maximum atomic E-state index is 14.3. The maximum Gasteiger partial charge on any atom is 0.162 e. The molecule has 1 aromatic heterocycles. The molecule has 6 rings (SSSR count). The third-order valence-corrected chi connectivity index (χ3v) is 7.71. The van der Waals surface area contributed by atoms with E-state index in [0.29, 0.717) is 41.2 Å². The summed E-state index contributed by atoms with van der Waals surface area (Å²) >= 11 is 1.64. The van der Waals surface area contributed by atoms with E-state index in [9.17, 15) is 14.4 Å². The number of amidine groups is 1. The molecule has 2 aromatic carbocycles. The number of hydrogen-bond acceptors (Lipinski definition) is 6. The number of aliphatic imine (C=N–C) groups is 1. The van der Waals surface area contributed by atoms with Gasteiger partial charge in [-0.3, -0.25) is 9.69 Å². The van der Waals surface area contributed by atoms with Gasteiger partial charge in [-0.1, -0.05) is 30.3 Å². The molecule has 3 aromatic rings. The topological polar surface area (TPSA) is 82.5 Å². The van der Waals surface area contributed by atoms with Gasteiger partial charge >= 0.3 is 0 Å². The van der Waals surface area contributed by atoms with Crippen molar-refractivity contribution in [3.05, 3.63) is 111 Å². The number of carbonyl (C=O) groups excluding carboxylic acids is 1. The van der Waals surface area contributed by atoms with Gasteiger partial charge in [0.15, 0.2) is 11.6 Å². The molecular weight excluding hydrogens is 447 g/mol. The number of nitrogens with zero attached hydrogens (tertiary/aromatic N) is 3. The van der Waals surface area contributed by atoms with Crippen LogP contribution in [0.2, 0.25) is 0 Å². The molecule has 0 amide bonds. The van der Waals surface area contributed by atoms with E-state index in [1.807, 2.05) is 40.6 Å². The number of nitrogens with two attached hydrogens (primary N) is 1. The molecule has 2 atom stereocenters. The van der Waals surface area contributed by atoms with E-state index in [2.05, 4.69) is 17.1 Å². The number of rotatable bonds is 2. The second-order valence-electron chi connectivity index (χ2n) is 8.59. The monoisotopic (exact) mass is 466 g/mol. The van der Waals surface area contributed by atoms with Gasteiger partial charge in [-0.25, -0.2) is 9.38 Å². The van der Waals surface area contributed by atoms with Crippen molar-refractivity contribution in [1.82, 2.24) is 0 Å². The van der Waals surface area contributed by atoms with Crippen molar-refractivity contribution in [3.63, 3.8) is 0 Å². The quantitative estimate of drug-likeness (QED) is 0.552. The summed E-state index contributed by atoms with van der Waals surface area (Å²) in [7, 11) is 0. The molecule has 0 radical (unpaired) electrons. The van der Waals surface area contributed by atoms with Crippen LogP contribution < -0.4 is 10.6 Å². The van der Waals surface area contributed by atoms with Crippen LogP contribution in [0.3, 0.4) is 0 Å². The molecule has 0 spiro atoms. The number of fused-ring (bicyclic) bond motifs is 4. The van der Waals surface area contributed by atoms with Gasteiger partial charge in [0.2, 0.25) is 0 Å². The molecule has 2 N–H and O–H groups in total. The molecule has 0 fully saturated rings. The largest absolute Gasteiger partial charge is 0.383 e. The zero-order chi connectivity index (χ0) is 23.4. The number of anilines is 1. The van der Waals surface area contributed by atoms with Gasteiger partial charge in [-0.05, 0) is 47.7 Å². The Hall–Kier alpha value is -4.02. The highest BCUT2D eigenvalue weighted by atomic mass is 32.1. The first-order valence-corrected chi connectivity index (χ1v) is 11.9.